The van der Waals surface area contributed by atoms with Gasteiger partial charge in [0.05, 0.1) is 6.61 Å². The lowest BCUT2D eigenvalue weighted by atomic mass is 9.99. The molecule has 0 bridgehead atoms. The molecule has 0 aromatic heterocycles. The molecule has 0 aliphatic carbocycles. The van der Waals surface area contributed by atoms with E-state index in [1.165, 1.54) is 5.48 Å². The lowest BCUT2D eigenvalue weighted by Crippen LogP contribution is -2.36. The maximum Gasteiger partial charge on any atom is 0.318 e. The second-order valence-electron chi connectivity index (χ2n) is 3.47. The average Bonchev–Trinajstić information content (AvgIpc) is 2.36. The molecule has 1 atom stereocenters. The Bertz CT molecular complexity index is 377. The zero-order valence-corrected chi connectivity index (χ0v) is 9.55. The Morgan fingerprint density at radius 2 is 2.00 bits per heavy atom. The SMILES string of the molecule is CCOC(=O)[C@@H](Cc1ccccc1)C(=O)NO. The third-order valence-corrected chi connectivity index (χ3v) is 2.28. The molecule has 1 aromatic rings. The molecule has 1 amide bonds. The maximum absolute atomic E-state index is 11.6. The number of esters is 1. The van der Waals surface area contributed by atoms with Crippen LogP contribution in [0.1, 0.15) is 12.5 Å². The molecular weight excluding hydrogens is 222 g/mol. The van der Waals surface area contributed by atoms with Crippen molar-refractivity contribution in [1.29, 1.82) is 0 Å². The van der Waals surface area contributed by atoms with Crippen LogP contribution < -0.4 is 5.48 Å². The minimum absolute atomic E-state index is 0.197. The van der Waals surface area contributed by atoms with Crippen molar-refractivity contribution in [3.05, 3.63) is 35.9 Å². The minimum Gasteiger partial charge on any atom is -0.465 e. The molecule has 0 aliphatic heterocycles. The topological polar surface area (TPSA) is 75.6 Å². The summed E-state index contributed by atoms with van der Waals surface area (Å²) in [5.74, 6) is -2.42. The number of nitrogens with one attached hydrogen (secondary N) is 1. The fourth-order valence-electron chi connectivity index (χ4n) is 1.45. The van der Waals surface area contributed by atoms with Gasteiger partial charge in [0.2, 0.25) is 0 Å². The number of hydroxylamine groups is 1. The number of amides is 1. The summed E-state index contributed by atoms with van der Waals surface area (Å²) in [5.41, 5.74) is 2.31. The number of benzene rings is 1. The molecule has 0 saturated heterocycles. The van der Waals surface area contributed by atoms with Gasteiger partial charge in [0.25, 0.3) is 5.91 Å². The third kappa shape index (κ3) is 3.88. The minimum atomic E-state index is -1.03. The van der Waals surface area contributed by atoms with Crippen molar-refractivity contribution < 1.29 is 19.5 Å². The number of hydrogen-bond donors (Lipinski definition) is 2. The van der Waals surface area contributed by atoms with Crippen molar-refractivity contribution in [1.82, 2.24) is 5.48 Å². The largest absolute Gasteiger partial charge is 0.465 e. The Hall–Kier alpha value is -1.88. The summed E-state index contributed by atoms with van der Waals surface area (Å²) in [5, 5.41) is 8.59. The first-order valence-corrected chi connectivity index (χ1v) is 5.33. The highest BCUT2D eigenvalue weighted by Crippen LogP contribution is 2.10. The van der Waals surface area contributed by atoms with Crippen LogP contribution in [0.2, 0.25) is 0 Å². The Morgan fingerprint density at radius 3 is 2.53 bits per heavy atom. The highest BCUT2D eigenvalue weighted by Gasteiger charge is 2.27. The summed E-state index contributed by atoms with van der Waals surface area (Å²) in [6.07, 6.45) is 0.200. The first kappa shape index (κ1) is 13.2. The van der Waals surface area contributed by atoms with Crippen LogP contribution in [0.5, 0.6) is 0 Å². The maximum atomic E-state index is 11.6. The van der Waals surface area contributed by atoms with Gasteiger partial charge in [-0.05, 0) is 18.9 Å². The van der Waals surface area contributed by atoms with Gasteiger partial charge in [-0.15, -0.1) is 0 Å². The second kappa shape index (κ2) is 6.65. The summed E-state index contributed by atoms with van der Waals surface area (Å²) in [4.78, 5) is 22.9. The molecule has 0 fully saturated rings. The van der Waals surface area contributed by atoms with Gasteiger partial charge in [-0.1, -0.05) is 30.3 Å². The number of hydrogen-bond acceptors (Lipinski definition) is 4. The van der Waals surface area contributed by atoms with Gasteiger partial charge in [-0.25, -0.2) is 5.48 Å². The van der Waals surface area contributed by atoms with E-state index in [2.05, 4.69) is 0 Å². The van der Waals surface area contributed by atoms with Crippen LogP contribution in [0.3, 0.4) is 0 Å². The van der Waals surface area contributed by atoms with Crippen LogP contribution in [0.25, 0.3) is 0 Å². The molecular formula is C12H15NO4. The molecule has 5 nitrogen and oxygen atoms in total. The van der Waals surface area contributed by atoms with E-state index in [1.807, 2.05) is 18.2 Å². The fourth-order valence-corrected chi connectivity index (χ4v) is 1.45. The van der Waals surface area contributed by atoms with Gasteiger partial charge in [0.1, 0.15) is 5.92 Å². The molecule has 0 saturated carbocycles. The lowest BCUT2D eigenvalue weighted by Gasteiger charge is -2.13. The first-order chi connectivity index (χ1) is 8.19. The predicted molar refractivity (Wildman–Crippen MR) is 60.2 cm³/mol. The molecule has 1 aromatic carbocycles. The number of ether oxygens (including phenoxy) is 1. The smallest absolute Gasteiger partial charge is 0.318 e. The second-order valence-corrected chi connectivity index (χ2v) is 3.47. The summed E-state index contributed by atoms with van der Waals surface area (Å²) >= 11 is 0. The van der Waals surface area contributed by atoms with Crippen LogP contribution in [-0.4, -0.2) is 23.7 Å². The molecule has 5 heteroatoms. The van der Waals surface area contributed by atoms with E-state index in [0.717, 1.165) is 5.56 Å². The molecule has 1 rings (SSSR count). The van der Waals surface area contributed by atoms with Crippen molar-refractivity contribution in [2.24, 2.45) is 5.92 Å². The van der Waals surface area contributed by atoms with Crippen molar-refractivity contribution in [2.45, 2.75) is 13.3 Å². The van der Waals surface area contributed by atoms with Crippen molar-refractivity contribution in [3.63, 3.8) is 0 Å². The molecule has 0 heterocycles. The Labute approximate surface area is 99.4 Å². The monoisotopic (exact) mass is 237 g/mol. The van der Waals surface area contributed by atoms with Gasteiger partial charge in [-0.2, -0.15) is 0 Å². The van der Waals surface area contributed by atoms with Crippen molar-refractivity contribution in [2.75, 3.05) is 6.61 Å². The summed E-state index contributed by atoms with van der Waals surface area (Å²) in [7, 11) is 0. The Kier molecular flexibility index (Phi) is 5.16. The first-order valence-electron chi connectivity index (χ1n) is 5.33. The highest BCUT2D eigenvalue weighted by atomic mass is 16.5. The zero-order chi connectivity index (χ0) is 12.7. The van der Waals surface area contributed by atoms with E-state index in [1.54, 1.807) is 19.1 Å². The molecule has 0 spiro atoms. The molecule has 92 valence electrons. The van der Waals surface area contributed by atoms with E-state index in [4.69, 9.17) is 9.94 Å². The van der Waals surface area contributed by atoms with E-state index >= 15 is 0 Å². The van der Waals surface area contributed by atoms with Crippen LogP contribution in [0, 0.1) is 5.92 Å². The van der Waals surface area contributed by atoms with Gasteiger partial charge < -0.3 is 4.74 Å². The van der Waals surface area contributed by atoms with Crippen molar-refractivity contribution in [3.8, 4) is 0 Å². The summed E-state index contributed by atoms with van der Waals surface area (Å²) in [6.45, 7) is 1.86. The quantitative estimate of drug-likeness (QED) is 0.345. The summed E-state index contributed by atoms with van der Waals surface area (Å²) < 4.78 is 4.79. The van der Waals surface area contributed by atoms with Crippen molar-refractivity contribution >= 4 is 11.9 Å². The van der Waals surface area contributed by atoms with Gasteiger partial charge >= 0.3 is 5.97 Å². The highest BCUT2D eigenvalue weighted by molar-refractivity contribution is 5.97. The van der Waals surface area contributed by atoms with E-state index in [9.17, 15) is 9.59 Å². The molecule has 17 heavy (non-hydrogen) atoms. The Morgan fingerprint density at radius 1 is 1.35 bits per heavy atom. The molecule has 0 unspecified atom stereocenters. The third-order valence-electron chi connectivity index (χ3n) is 2.28. The zero-order valence-electron chi connectivity index (χ0n) is 9.55. The number of carbonyl (C=O) groups is 2. The molecule has 2 N–H and O–H groups in total. The average molecular weight is 237 g/mol. The predicted octanol–water partition coefficient (Wildman–Crippen LogP) is 0.914. The normalized spacial score (nSPS) is 11.6. The number of carbonyl (C=O) groups excluding carboxylic acids is 2. The van der Waals surface area contributed by atoms with E-state index < -0.39 is 17.8 Å². The fraction of sp³-hybridized carbons (Fsp3) is 0.333. The lowest BCUT2D eigenvalue weighted by molar-refractivity contribution is -0.154. The van der Waals surface area contributed by atoms with Crippen LogP contribution in [-0.2, 0) is 20.7 Å². The van der Waals surface area contributed by atoms with Gasteiger partial charge in [0.15, 0.2) is 0 Å². The van der Waals surface area contributed by atoms with Gasteiger partial charge in [0, 0.05) is 0 Å². The number of rotatable bonds is 5. The standard InChI is InChI=1S/C12H15NO4/c1-2-17-12(15)10(11(14)13-16)8-9-6-4-3-5-7-9/h3-7,10,16H,2,8H2,1H3,(H,13,14)/t10-/m0/s1. The van der Waals surface area contributed by atoms with Crippen LogP contribution in [0.4, 0.5) is 0 Å². The van der Waals surface area contributed by atoms with Crippen LogP contribution >= 0.6 is 0 Å². The Balaban J connectivity index is 2.77. The van der Waals surface area contributed by atoms with E-state index in [0.29, 0.717) is 0 Å². The van der Waals surface area contributed by atoms with Gasteiger partial charge in [-0.3, -0.25) is 14.8 Å². The van der Waals surface area contributed by atoms with Crippen LogP contribution in [0.15, 0.2) is 30.3 Å². The van der Waals surface area contributed by atoms with E-state index in [-0.39, 0.29) is 13.0 Å². The molecule has 0 radical (unpaired) electrons. The molecule has 0 aliphatic rings. The summed E-state index contributed by atoms with van der Waals surface area (Å²) in [6, 6.07) is 9.07.